The van der Waals surface area contributed by atoms with Crippen molar-refractivity contribution in [2.75, 3.05) is 0 Å². The minimum Gasteiger partial charge on any atom is -0.545 e. The molecule has 0 saturated carbocycles. The number of carbonyl (C=O) groups is 2. The number of nitrogens with zero attached hydrogens (tertiary/aromatic N) is 2. The highest BCUT2D eigenvalue weighted by molar-refractivity contribution is 7.22. The molecule has 5 rings (SSSR count). The van der Waals surface area contributed by atoms with Crippen LogP contribution >= 0.6 is 22.7 Å². The van der Waals surface area contributed by atoms with E-state index in [-0.39, 0.29) is 22.3 Å². The first-order chi connectivity index (χ1) is 14.5. The number of benzene rings is 3. The number of carboxylic acid groups (broad SMARTS) is 2. The van der Waals surface area contributed by atoms with Crippen molar-refractivity contribution in [1.82, 2.24) is 9.97 Å². The molecule has 0 fully saturated rings. The number of rotatable bonds is 4. The van der Waals surface area contributed by atoms with E-state index in [0.717, 1.165) is 26.5 Å². The van der Waals surface area contributed by atoms with Gasteiger partial charge in [-0.3, -0.25) is 0 Å². The molecule has 0 aliphatic rings. The van der Waals surface area contributed by atoms with Crippen LogP contribution in [0.1, 0.15) is 20.7 Å². The maximum absolute atomic E-state index is 11.8. The van der Waals surface area contributed by atoms with Gasteiger partial charge in [-0.15, -0.1) is 22.7 Å². The molecule has 0 radical (unpaired) electrons. The fourth-order valence-corrected chi connectivity index (χ4v) is 5.26. The summed E-state index contributed by atoms with van der Waals surface area (Å²) in [5, 5.41) is 24.5. The Morgan fingerprint density at radius 1 is 0.667 bits per heavy atom. The highest BCUT2D eigenvalue weighted by atomic mass is 32.1. The second-order valence-electron chi connectivity index (χ2n) is 6.49. The first kappa shape index (κ1) is 18.4. The Balaban J connectivity index is 1.80. The first-order valence-electron chi connectivity index (χ1n) is 8.84. The molecule has 2 aromatic heterocycles. The number of para-hydroxylation sites is 2. The van der Waals surface area contributed by atoms with Crippen LogP contribution in [0.4, 0.5) is 0 Å². The predicted octanol–water partition coefficient (Wildman–Crippen LogP) is 2.97. The van der Waals surface area contributed by atoms with Gasteiger partial charge in [0.05, 0.1) is 32.4 Å². The number of hydrogen-bond acceptors (Lipinski definition) is 8. The summed E-state index contributed by atoms with van der Waals surface area (Å²) >= 11 is 2.65. The van der Waals surface area contributed by atoms with Gasteiger partial charge in [0, 0.05) is 22.3 Å². The monoisotopic (exact) mass is 430 g/mol. The van der Waals surface area contributed by atoms with Crippen molar-refractivity contribution in [3.8, 4) is 21.1 Å². The molecule has 0 aliphatic carbocycles. The molecule has 0 saturated heterocycles. The van der Waals surface area contributed by atoms with Gasteiger partial charge >= 0.3 is 0 Å². The van der Waals surface area contributed by atoms with Gasteiger partial charge < -0.3 is 19.8 Å². The van der Waals surface area contributed by atoms with Gasteiger partial charge in [-0.1, -0.05) is 24.3 Å². The summed E-state index contributed by atoms with van der Waals surface area (Å²) in [5.74, 6) is -2.97. The maximum Gasteiger partial charge on any atom is 0.125 e. The van der Waals surface area contributed by atoms with E-state index in [9.17, 15) is 19.8 Å². The third-order valence-corrected chi connectivity index (χ3v) is 6.79. The van der Waals surface area contributed by atoms with Crippen LogP contribution in [0.15, 0.2) is 60.7 Å². The fraction of sp³-hybridized carbons (Fsp3) is 0. The molecule has 0 atom stereocenters. The number of aromatic carboxylic acids is 2. The number of hydrogen-bond donors (Lipinski definition) is 0. The van der Waals surface area contributed by atoms with Gasteiger partial charge in [0.15, 0.2) is 0 Å². The Labute approximate surface area is 177 Å². The predicted molar refractivity (Wildman–Crippen MR) is 112 cm³/mol. The highest BCUT2D eigenvalue weighted by Crippen LogP contribution is 2.38. The van der Waals surface area contributed by atoms with E-state index in [0.29, 0.717) is 10.0 Å². The summed E-state index contributed by atoms with van der Waals surface area (Å²) in [6.45, 7) is 0. The molecule has 2 heterocycles. The van der Waals surface area contributed by atoms with E-state index < -0.39 is 11.9 Å². The summed E-state index contributed by atoms with van der Waals surface area (Å²) in [7, 11) is 0. The zero-order chi connectivity index (χ0) is 20.8. The number of aromatic nitrogens is 2. The Hall–Kier alpha value is -3.62. The van der Waals surface area contributed by atoms with Crippen molar-refractivity contribution in [1.29, 1.82) is 0 Å². The summed E-state index contributed by atoms with van der Waals surface area (Å²) in [4.78, 5) is 32.7. The van der Waals surface area contributed by atoms with E-state index >= 15 is 0 Å². The zero-order valence-corrected chi connectivity index (χ0v) is 16.8. The highest BCUT2D eigenvalue weighted by Gasteiger charge is 2.19. The molecule has 0 unspecified atom stereocenters. The fourth-order valence-electron chi connectivity index (χ4n) is 3.27. The summed E-state index contributed by atoms with van der Waals surface area (Å²) in [6, 6.07) is 17.5. The smallest absolute Gasteiger partial charge is 0.125 e. The zero-order valence-electron chi connectivity index (χ0n) is 15.1. The minimum atomic E-state index is -1.48. The van der Waals surface area contributed by atoms with Gasteiger partial charge in [-0.25, -0.2) is 9.97 Å². The third-order valence-electron chi connectivity index (χ3n) is 4.65. The average Bonchev–Trinajstić information content (AvgIpc) is 3.36. The van der Waals surface area contributed by atoms with Crippen LogP contribution in [0.3, 0.4) is 0 Å². The first-order valence-corrected chi connectivity index (χ1v) is 10.5. The second kappa shape index (κ2) is 7.01. The van der Waals surface area contributed by atoms with Gasteiger partial charge in [0.1, 0.15) is 10.0 Å². The van der Waals surface area contributed by atoms with E-state index in [4.69, 9.17) is 0 Å². The topological polar surface area (TPSA) is 106 Å². The van der Waals surface area contributed by atoms with Crippen LogP contribution in [0.25, 0.3) is 41.6 Å². The number of carboxylic acids is 2. The molecule has 5 aromatic rings. The Bertz CT molecular complexity index is 1300. The lowest BCUT2D eigenvalue weighted by molar-refractivity contribution is -0.255. The van der Waals surface area contributed by atoms with E-state index in [1.54, 1.807) is 0 Å². The number of thiazole rings is 2. The SMILES string of the molecule is O=C([O-])c1cc(C(=O)[O-])c(-c2nc3ccccc3s2)cc1-c1nc2ccccc2s1. The largest absolute Gasteiger partial charge is 0.545 e. The molecule has 3 aromatic carbocycles. The Morgan fingerprint density at radius 2 is 1.10 bits per heavy atom. The van der Waals surface area contributed by atoms with Crippen LogP contribution in [0, 0.1) is 0 Å². The van der Waals surface area contributed by atoms with Gasteiger partial charge in [0.2, 0.25) is 0 Å². The van der Waals surface area contributed by atoms with Crippen molar-refractivity contribution < 1.29 is 19.8 Å². The lowest BCUT2D eigenvalue weighted by Crippen LogP contribution is -2.27. The summed E-state index contributed by atoms with van der Waals surface area (Å²) < 4.78 is 1.78. The molecule has 0 amide bonds. The van der Waals surface area contributed by atoms with E-state index in [2.05, 4.69) is 9.97 Å². The maximum atomic E-state index is 11.8. The Kier molecular flexibility index (Phi) is 4.30. The normalized spacial score (nSPS) is 11.2. The van der Waals surface area contributed by atoms with Gasteiger partial charge in [-0.2, -0.15) is 0 Å². The molecular weight excluding hydrogens is 420 g/mol. The van der Waals surface area contributed by atoms with Gasteiger partial charge in [0.25, 0.3) is 0 Å². The van der Waals surface area contributed by atoms with Gasteiger partial charge in [-0.05, 0) is 36.4 Å². The minimum absolute atomic E-state index is 0.252. The molecule has 0 N–H and O–H groups in total. The molecular formula is C22H10N2O4S2-2. The quantitative estimate of drug-likeness (QED) is 0.434. The van der Waals surface area contributed by atoms with Crippen molar-refractivity contribution in [3.05, 3.63) is 71.8 Å². The molecule has 30 heavy (non-hydrogen) atoms. The van der Waals surface area contributed by atoms with Crippen molar-refractivity contribution >= 4 is 55.0 Å². The van der Waals surface area contributed by atoms with E-state index in [1.165, 1.54) is 28.7 Å². The molecule has 0 aliphatic heterocycles. The molecule has 146 valence electrons. The molecule has 0 bridgehead atoms. The second-order valence-corrected chi connectivity index (χ2v) is 8.55. The molecule has 0 spiro atoms. The van der Waals surface area contributed by atoms with Crippen molar-refractivity contribution in [2.45, 2.75) is 0 Å². The number of fused-ring (bicyclic) bond motifs is 2. The summed E-state index contributed by atoms with van der Waals surface area (Å²) in [6.07, 6.45) is 0. The van der Waals surface area contributed by atoms with Crippen LogP contribution in [0.2, 0.25) is 0 Å². The molecule has 6 nitrogen and oxygen atoms in total. The standard InChI is InChI=1S/C22H12N2O4S2/c25-21(26)13-10-14(22(27)28)12(20-24-16-6-2-4-8-18(16)30-20)9-11(13)19-23-15-5-1-3-7-17(15)29-19/h1-10H,(H,25,26)(H,27,28)/p-2. The van der Waals surface area contributed by atoms with Crippen LogP contribution < -0.4 is 10.2 Å². The molecule has 8 heteroatoms. The summed E-state index contributed by atoms with van der Waals surface area (Å²) in [5.41, 5.74) is 1.53. The Morgan fingerprint density at radius 3 is 1.50 bits per heavy atom. The van der Waals surface area contributed by atoms with E-state index in [1.807, 2.05) is 48.5 Å². The van der Waals surface area contributed by atoms with Crippen molar-refractivity contribution in [2.24, 2.45) is 0 Å². The lowest BCUT2D eigenvalue weighted by Gasteiger charge is -2.15. The average molecular weight is 430 g/mol. The number of carbonyl (C=O) groups excluding carboxylic acids is 2. The lowest BCUT2D eigenvalue weighted by atomic mass is 9.98. The third kappa shape index (κ3) is 3.02. The van der Waals surface area contributed by atoms with Crippen molar-refractivity contribution in [3.63, 3.8) is 0 Å². The van der Waals surface area contributed by atoms with Crippen LogP contribution in [-0.2, 0) is 0 Å². The van der Waals surface area contributed by atoms with Crippen LogP contribution in [0.5, 0.6) is 0 Å². The van der Waals surface area contributed by atoms with Crippen LogP contribution in [-0.4, -0.2) is 21.9 Å².